The predicted octanol–water partition coefficient (Wildman–Crippen LogP) is 5.36. The number of nitrogens with one attached hydrogen (secondary N) is 2. The molecule has 0 aliphatic heterocycles. The maximum Gasteiger partial charge on any atom is 0.323 e. The maximum absolute atomic E-state index is 11.4. The normalized spacial score (nSPS) is 12.8. The van der Waals surface area contributed by atoms with E-state index < -0.39 is 5.38 Å². The first-order valence-corrected chi connectivity index (χ1v) is 8.36. The van der Waals surface area contributed by atoms with E-state index in [2.05, 4.69) is 41.8 Å². The van der Waals surface area contributed by atoms with E-state index in [0.717, 1.165) is 25.6 Å². The highest BCUT2D eigenvalue weighted by Crippen LogP contribution is 2.39. The van der Waals surface area contributed by atoms with E-state index in [1.807, 2.05) is 24.3 Å². The molecule has 3 aromatic rings. The van der Waals surface area contributed by atoms with E-state index >= 15 is 0 Å². The number of rotatable bonds is 2. The topological polar surface area (TPSA) is 48.6 Å². The summed E-state index contributed by atoms with van der Waals surface area (Å²) in [5.74, 6) is 0. The Morgan fingerprint density at radius 1 is 1.00 bits per heavy atom. The van der Waals surface area contributed by atoms with Crippen LogP contribution in [0, 0.1) is 0 Å². The minimum Gasteiger partial charge on any atom is -0.306 e. The summed E-state index contributed by atoms with van der Waals surface area (Å²) in [5, 5.41) is 0.154. The van der Waals surface area contributed by atoms with Crippen molar-refractivity contribution in [2.75, 3.05) is 0 Å². The molecule has 21 heavy (non-hydrogen) atoms. The smallest absolute Gasteiger partial charge is 0.306 e. The van der Waals surface area contributed by atoms with Gasteiger partial charge in [-0.1, -0.05) is 49.5 Å². The van der Waals surface area contributed by atoms with Gasteiger partial charge in [0.2, 0.25) is 0 Å². The van der Waals surface area contributed by atoms with Crippen molar-refractivity contribution in [2.45, 2.75) is 5.38 Å². The third kappa shape index (κ3) is 2.93. The van der Waals surface area contributed by atoms with Gasteiger partial charge in [0.25, 0.3) is 0 Å². The summed E-state index contributed by atoms with van der Waals surface area (Å²) in [6.45, 7) is 0. The second-order valence-electron chi connectivity index (χ2n) is 4.53. The molecular weight excluding hydrogens is 443 g/mol. The number of halogens is 4. The van der Waals surface area contributed by atoms with E-state index in [1.165, 1.54) is 0 Å². The van der Waals surface area contributed by atoms with Crippen LogP contribution < -0.4 is 5.69 Å². The number of hydrogen-bond acceptors (Lipinski definition) is 1. The Balaban J connectivity index is 2.14. The van der Waals surface area contributed by atoms with E-state index in [-0.39, 0.29) is 5.69 Å². The molecule has 0 spiro atoms. The zero-order valence-corrected chi connectivity index (χ0v) is 15.1. The second kappa shape index (κ2) is 5.80. The number of fused-ring (bicyclic) bond motifs is 1. The van der Waals surface area contributed by atoms with Crippen LogP contribution in [0.5, 0.6) is 0 Å². The molecule has 0 aliphatic rings. The minimum absolute atomic E-state index is 0.248. The Labute approximate surface area is 146 Å². The van der Waals surface area contributed by atoms with Crippen molar-refractivity contribution < 1.29 is 0 Å². The molecule has 0 aliphatic carbocycles. The van der Waals surface area contributed by atoms with E-state index in [1.54, 1.807) is 6.07 Å². The van der Waals surface area contributed by atoms with Crippen LogP contribution in [-0.4, -0.2) is 9.97 Å². The van der Waals surface area contributed by atoms with Crippen LogP contribution in [0.4, 0.5) is 0 Å². The van der Waals surface area contributed by atoms with Crippen LogP contribution in [0.15, 0.2) is 44.1 Å². The highest BCUT2D eigenvalue weighted by molar-refractivity contribution is 9.10. The number of hydrogen-bond donors (Lipinski definition) is 2. The molecule has 0 radical (unpaired) electrons. The molecule has 3 nitrogen and oxygen atoms in total. The highest BCUT2D eigenvalue weighted by Gasteiger charge is 2.18. The number of alkyl halides is 1. The first-order chi connectivity index (χ1) is 9.95. The summed E-state index contributed by atoms with van der Waals surface area (Å²) < 4.78 is 1.70. The molecule has 1 heterocycles. The third-order valence-electron chi connectivity index (χ3n) is 3.14. The van der Waals surface area contributed by atoms with Crippen LogP contribution in [0.2, 0.25) is 5.02 Å². The van der Waals surface area contributed by atoms with E-state index in [4.69, 9.17) is 23.2 Å². The number of aromatic nitrogens is 2. The first kappa shape index (κ1) is 15.2. The van der Waals surface area contributed by atoms with E-state index in [0.29, 0.717) is 10.5 Å². The molecule has 0 saturated heterocycles. The predicted molar refractivity (Wildman–Crippen MR) is 93.5 cm³/mol. The molecule has 7 heteroatoms. The van der Waals surface area contributed by atoms with Crippen LogP contribution in [-0.2, 0) is 0 Å². The lowest BCUT2D eigenvalue weighted by Gasteiger charge is -2.14. The Hall–Kier alpha value is -0.750. The van der Waals surface area contributed by atoms with Crippen LogP contribution in [0.3, 0.4) is 0 Å². The summed E-state index contributed by atoms with van der Waals surface area (Å²) >= 11 is 19.7. The second-order valence-corrected chi connectivity index (χ2v) is 7.14. The Morgan fingerprint density at radius 3 is 2.33 bits per heavy atom. The summed E-state index contributed by atoms with van der Waals surface area (Å²) in [4.78, 5) is 16.8. The van der Waals surface area contributed by atoms with Crippen molar-refractivity contribution in [3.8, 4) is 0 Å². The van der Waals surface area contributed by atoms with Crippen molar-refractivity contribution in [3.63, 3.8) is 0 Å². The standard InChI is InChI=1S/C14H8Br2Cl2N2O/c15-6-1-2-7(10(17)3-6)13(18)8-4-11-12(5-9(8)16)20-14(21)19-11/h1-5,13H,(H2,19,20,21). The van der Waals surface area contributed by atoms with Gasteiger partial charge in [-0.15, -0.1) is 11.6 Å². The molecule has 3 rings (SSSR count). The third-order valence-corrected chi connectivity index (χ3v) is 5.12. The van der Waals surface area contributed by atoms with Crippen LogP contribution in [0.1, 0.15) is 16.5 Å². The largest absolute Gasteiger partial charge is 0.323 e. The monoisotopic (exact) mass is 448 g/mol. The quantitative estimate of drug-likeness (QED) is 0.507. The molecule has 108 valence electrons. The van der Waals surface area contributed by atoms with Gasteiger partial charge in [-0.05, 0) is 35.4 Å². The van der Waals surface area contributed by atoms with Crippen molar-refractivity contribution >= 4 is 66.1 Å². The molecule has 0 saturated carbocycles. The fraction of sp³-hybridized carbons (Fsp3) is 0.0714. The van der Waals surface area contributed by atoms with Crippen LogP contribution >= 0.6 is 55.1 Å². The lowest BCUT2D eigenvalue weighted by atomic mass is 10.0. The van der Waals surface area contributed by atoms with Gasteiger partial charge in [0.05, 0.1) is 16.4 Å². The molecule has 2 N–H and O–H groups in total. The Morgan fingerprint density at radius 2 is 1.67 bits per heavy atom. The average molecular weight is 451 g/mol. The number of imidazole rings is 1. The van der Waals surface area contributed by atoms with Crippen LogP contribution in [0.25, 0.3) is 11.0 Å². The minimum atomic E-state index is -0.428. The Kier molecular flexibility index (Phi) is 4.19. The van der Waals surface area contributed by atoms with Gasteiger partial charge < -0.3 is 9.97 Å². The van der Waals surface area contributed by atoms with Gasteiger partial charge in [0.15, 0.2) is 0 Å². The van der Waals surface area contributed by atoms with Gasteiger partial charge >= 0.3 is 5.69 Å². The summed E-state index contributed by atoms with van der Waals surface area (Å²) in [6.07, 6.45) is 0. The maximum atomic E-state index is 11.4. The molecule has 2 aromatic carbocycles. The Bertz CT molecular complexity index is 888. The van der Waals surface area contributed by atoms with Crippen molar-refractivity contribution in [1.82, 2.24) is 9.97 Å². The number of H-pyrrole nitrogens is 2. The molecule has 1 unspecified atom stereocenters. The van der Waals surface area contributed by atoms with Crippen molar-refractivity contribution in [2.24, 2.45) is 0 Å². The van der Waals surface area contributed by atoms with Gasteiger partial charge in [-0.2, -0.15) is 0 Å². The van der Waals surface area contributed by atoms with Gasteiger partial charge in [-0.25, -0.2) is 4.79 Å². The van der Waals surface area contributed by atoms with Gasteiger partial charge in [0.1, 0.15) is 0 Å². The SMILES string of the molecule is O=c1[nH]c2cc(Br)c(C(Cl)c3ccc(Br)cc3Cl)cc2[nH]1. The lowest BCUT2D eigenvalue weighted by Crippen LogP contribution is -1.99. The molecule has 0 fully saturated rings. The van der Waals surface area contributed by atoms with Gasteiger partial charge in [0, 0.05) is 14.0 Å². The zero-order chi connectivity index (χ0) is 15.1. The molecule has 1 atom stereocenters. The van der Waals surface area contributed by atoms with Gasteiger partial charge in [-0.3, -0.25) is 0 Å². The van der Waals surface area contributed by atoms with E-state index in [9.17, 15) is 4.79 Å². The van der Waals surface area contributed by atoms with Crippen molar-refractivity contribution in [1.29, 1.82) is 0 Å². The van der Waals surface area contributed by atoms with Crippen molar-refractivity contribution in [3.05, 3.63) is 65.9 Å². The summed E-state index contributed by atoms with van der Waals surface area (Å²) in [7, 11) is 0. The fourth-order valence-electron chi connectivity index (χ4n) is 2.14. The molecule has 0 bridgehead atoms. The number of aromatic amines is 2. The number of benzene rings is 2. The fourth-order valence-corrected chi connectivity index (χ4v) is 4.05. The lowest BCUT2D eigenvalue weighted by molar-refractivity contribution is 1.13. The molecular formula is C14H8Br2Cl2N2O. The summed E-state index contributed by atoms with van der Waals surface area (Å²) in [6, 6.07) is 9.23. The highest BCUT2D eigenvalue weighted by atomic mass is 79.9. The average Bonchev–Trinajstić information content (AvgIpc) is 2.76. The molecule has 1 aromatic heterocycles. The zero-order valence-electron chi connectivity index (χ0n) is 10.4. The molecule has 0 amide bonds. The summed E-state index contributed by atoms with van der Waals surface area (Å²) in [5.41, 5.74) is 2.82. The first-order valence-electron chi connectivity index (χ1n) is 5.96.